The van der Waals surface area contributed by atoms with Crippen molar-refractivity contribution >= 4 is 17.3 Å². The quantitative estimate of drug-likeness (QED) is 0.318. The average Bonchev–Trinajstić information content (AvgIpc) is 2.86. The maximum atomic E-state index is 14.1. The van der Waals surface area contributed by atoms with Crippen molar-refractivity contribution in [2.24, 2.45) is 47.3 Å². The van der Waals surface area contributed by atoms with Crippen molar-refractivity contribution in [3.63, 3.8) is 0 Å². The van der Waals surface area contributed by atoms with E-state index in [1.165, 1.54) is 0 Å². The lowest BCUT2D eigenvalue weighted by Gasteiger charge is -2.56. The van der Waals surface area contributed by atoms with Gasteiger partial charge in [0.25, 0.3) is 0 Å². The molecule has 0 saturated heterocycles. The van der Waals surface area contributed by atoms with E-state index in [1.807, 2.05) is 0 Å². The number of aliphatic hydroxyl groups excluding tert-OH is 3. The Hall–Kier alpha value is -2.09. The van der Waals surface area contributed by atoms with Gasteiger partial charge in [0.15, 0.2) is 17.2 Å². The van der Waals surface area contributed by atoms with Gasteiger partial charge in [-0.3, -0.25) is 14.4 Å². The molecule has 10 atom stereocenters. The monoisotopic (exact) mass is 526 g/mol. The largest absolute Gasteiger partial charge is 0.508 e. The lowest BCUT2D eigenvalue weighted by Crippen LogP contribution is -2.66. The summed E-state index contributed by atoms with van der Waals surface area (Å²) in [5.41, 5.74) is -1.82. The van der Waals surface area contributed by atoms with E-state index in [2.05, 4.69) is 32.1 Å². The summed E-state index contributed by atoms with van der Waals surface area (Å²) in [6, 6.07) is 0. The molecular weight excluding hydrogens is 484 g/mol. The molecule has 0 aromatic rings. The summed E-state index contributed by atoms with van der Waals surface area (Å²) in [6.45, 7) is 5.41. The number of ketones is 3. The standard InChI is InChI=1S/C31H42O7/c1-15(2)21-12-18(10-9-17-7-5-4-6-8-17)27(34)26-22(21)13-19-11-20-14-23(33)24(16(3)32)29(36)31(20,38)30(37)25(19)28(26)35/h4-5,12,15,17,19-22,25-27,30,34,36-38H,6-11,13-14H2,1-3H3/t17?,19-,20+,21?,22?,25?,26?,27?,30?,31-/m1/s1. The fourth-order valence-corrected chi connectivity index (χ4v) is 8.51. The Balaban J connectivity index is 1.46. The molecule has 0 bridgehead atoms. The second kappa shape index (κ2) is 10.1. The molecule has 4 N–H and O–H groups in total. The molecule has 0 aliphatic heterocycles. The van der Waals surface area contributed by atoms with Gasteiger partial charge in [-0.05, 0) is 87.0 Å². The molecule has 0 radical (unpaired) electrons. The highest BCUT2D eigenvalue weighted by Crippen LogP contribution is 2.57. The van der Waals surface area contributed by atoms with Crippen molar-refractivity contribution < 1.29 is 34.8 Å². The van der Waals surface area contributed by atoms with Crippen LogP contribution in [0.4, 0.5) is 0 Å². The molecule has 38 heavy (non-hydrogen) atoms. The Kier molecular flexibility index (Phi) is 7.33. The zero-order chi connectivity index (χ0) is 27.5. The van der Waals surface area contributed by atoms with E-state index in [0.29, 0.717) is 18.8 Å². The number of carbonyl (C=O) groups is 3. The van der Waals surface area contributed by atoms with E-state index < -0.39 is 58.5 Å². The van der Waals surface area contributed by atoms with Gasteiger partial charge in [0, 0.05) is 12.3 Å². The number of hydrogen-bond acceptors (Lipinski definition) is 7. The number of carbonyl (C=O) groups excluding carboxylic acids is 3. The van der Waals surface area contributed by atoms with Gasteiger partial charge in [-0.2, -0.15) is 0 Å². The van der Waals surface area contributed by atoms with Crippen molar-refractivity contribution in [1.82, 2.24) is 0 Å². The summed E-state index contributed by atoms with van der Waals surface area (Å²) in [7, 11) is 0. The number of aliphatic hydroxyl groups is 4. The van der Waals surface area contributed by atoms with Crippen molar-refractivity contribution in [3.8, 4) is 0 Å². The highest BCUT2D eigenvalue weighted by Gasteiger charge is 2.65. The summed E-state index contributed by atoms with van der Waals surface area (Å²) in [5, 5.41) is 45.5. The fraction of sp³-hybridized carbons (Fsp3) is 0.710. The predicted octanol–water partition coefficient (Wildman–Crippen LogP) is 3.62. The van der Waals surface area contributed by atoms with Crippen molar-refractivity contribution in [1.29, 1.82) is 0 Å². The predicted molar refractivity (Wildman–Crippen MR) is 141 cm³/mol. The topological polar surface area (TPSA) is 132 Å². The molecule has 0 aromatic heterocycles. The number of Topliss-reactive ketones (excluding diaryl/α,β-unsaturated/α-hetero) is 3. The van der Waals surface area contributed by atoms with Crippen LogP contribution in [0, 0.1) is 47.3 Å². The third kappa shape index (κ3) is 4.25. The minimum atomic E-state index is -2.23. The summed E-state index contributed by atoms with van der Waals surface area (Å²) >= 11 is 0. The molecule has 5 rings (SSSR count). The highest BCUT2D eigenvalue weighted by molar-refractivity contribution is 6.20. The van der Waals surface area contributed by atoms with Crippen molar-refractivity contribution in [3.05, 3.63) is 35.1 Å². The normalized spacial score (nSPS) is 42.9. The maximum Gasteiger partial charge on any atom is 0.170 e. The molecule has 0 spiro atoms. The number of allylic oxidation sites excluding steroid dienone is 4. The van der Waals surface area contributed by atoms with Gasteiger partial charge < -0.3 is 20.4 Å². The van der Waals surface area contributed by atoms with Crippen LogP contribution in [0.2, 0.25) is 0 Å². The van der Waals surface area contributed by atoms with Gasteiger partial charge in [0.1, 0.15) is 23.2 Å². The Morgan fingerprint density at radius 3 is 2.50 bits per heavy atom. The molecule has 7 heteroatoms. The van der Waals surface area contributed by atoms with E-state index in [4.69, 9.17) is 0 Å². The van der Waals surface area contributed by atoms with Crippen LogP contribution in [0.5, 0.6) is 0 Å². The van der Waals surface area contributed by atoms with Crippen LogP contribution in [-0.4, -0.2) is 55.6 Å². The molecule has 0 aromatic carbocycles. The van der Waals surface area contributed by atoms with E-state index in [1.54, 1.807) is 0 Å². The zero-order valence-electron chi connectivity index (χ0n) is 22.7. The van der Waals surface area contributed by atoms with Crippen LogP contribution in [0.25, 0.3) is 0 Å². The summed E-state index contributed by atoms with van der Waals surface area (Å²) in [6.07, 6.45) is 9.72. The van der Waals surface area contributed by atoms with Crippen LogP contribution < -0.4 is 0 Å². The summed E-state index contributed by atoms with van der Waals surface area (Å²) in [4.78, 5) is 38.9. The molecule has 7 nitrogen and oxygen atoms in total. The van der Waals surface area contributed by atoms with Gasteiger partial charge in [0.05, 0.1) is 17.9 Å². The summed E-state index contributed by atoms with van der Waals surface area (Å²) in [5.74, 6) is -4.16. The minimum absolute atomic E-state index is 0.0882. The molecule has 0 amide bonds. The molecule has 2 saturated carbocycles. The van der Waals surface area contributed by atoms with E-state index in [-0.39, 0.29) is 35.9 Å². The smallest absolute Gasteiger partial charge is 0.170 e. The maximum absolute atomic E-state index is 14.1. The summed E-state index contributed by atoms with van der Waals surface area (Å²) < 4.78 is 0. The zero-order valence-corrected chi connectivity index (χ0v) is 22.7. The number of hydrogen-bond donors (Lipinski definition) is 4. The first kappa shape index (κ1) is 27.5. The molecule has 5 aliphatic rings. The van der Waals surface area contributed by atoms with Crippen LogP contribution >= 0.6 is 0 Å². The van der Waals surface area contributed by atoms with Gasteiger partial charge in [-0.15, -0.1) is 0 Å². The Morgan fingerprint density at radius 2 is 1.87 bits per heavy atom. The first-order valence-electron chi connectivity index (χ1n) is 14.4. The third-order valence-electron chi connectivity index (χ3n) is 10.5. The van der Waals surface area contributed by atoms with Crippen LogP contribution in [0.1, 0.15) is 72.1 Å². The second-order valence-corrected chi connectivity index (χ2v) is 12.9. The first-order chi connectivity index (χ1) is 18.0. The van der Waals surface area contributed by atoms with Crippen molar-refractivity contribution in [2.75, 3.05) is 0 Å². The van der Waals surface area contributed by atoms with Gasteiger partial charge in [-0.25, -0.2) is 0 Å². The Morgan fingerprint density at radius 1 is 1.13 bits per heavy atom. The fourth-order valence-electron chi connectivity index (χ4n) is 8.51. The number of rotatable bonds is 5. The van der Waals surface area contributed by atoms with Crippen LogP contribution in [0.15, 0.2) is 35.1 Å². The highest BCUT2D eigenvalue weighted by atomic mass is 16.4. The molecule has 0 heterocycles. The average molecular weight is 527 g/mol. The SMILES string of the molecule is CC(=O)C1=C(O)[C@@]2(O)C(O)C3C(=O)C4C(O)C(CCC5CC=CCC5)=CC(C(C)C)C4C[C@H]3C[C@H]2CC1=O. The van der Waals surface area contributed by atoms with Gasteiger partial charge in [-0.1, -0.05) is 32.1 Å². The van der Waals surface area contributed by atoms with Crippen molar-refractivity contribution in [2.45, 2.75) is 89.9 Å². The lowest BCUT2D eigenvalue weighted by atomic mass is 9.49. The lowest BCUT2D eigenvalue weighted by molar-refractivity contribution is -0.196. The molecule has 5 aliphatic carbocycles. The minimum Gasteiger partial charge on any atom is -0.508 e. The van der Waals surface area contributed by atoms with E-state index in [9.17, 15) is 34.8 Å². The van der Waals surface area contributed by atoms with E-state index >= 15 is 0 Å². The van der Waals surface area contributed by atoms with E-state index in [0.717, 1.165) is 44.6 Å². The molecule has 2 fully saturated rings. The Bertz CT molecular complexity index is 1100. The molecule has 7 unspecified atom stereocenters. The third-order valence-corrected chi connectivity index (χ3v) is 10.5. The molecular formula is C31H42O7. The van der Waals surface area contributed by atoms with Gasteiger partial charge >= 0.3 is 0 Å². The Labute approximate surface area is 224 Å². The van der Waals surface area contributed by atoms with Gasteiger partial charge in [0.2, 0.25) is 0 Å². The number of fused-ring (bicyclic) bond motifs is 3. The molecule has 208 valence electrons. The first-order valence-corrected chi connectivity index (χ1v) is 14.4. The van der Waals surface area contributed by atoms with Crippen LogP contribution in [0.3, 0.4) is 0 Å². The van der Waals surface area contributed by atoms with Crippen LogP contribution in [-0.2, 0) is 14.4 Å². The second-order valence-electron chi connectivity index (χ2n) is 12.9.